The number of thiophene rings is 1. The van der Waals surface area contributed by atoms with Crippen molar-refractivity contribution in [3.05, 3.63) is 39.7 Å². The van der Waals surface area contributed by atoms with Gasteiger partial charge >= 0.3 is 0 Å². The van der Waals surface area contributed by atoms with Gasteiger partial charge in [0.15, 0.2) is 0 Å². The number of hydrogen-bond donors (Lipinski definition) is 1. The summed E-state index contributed by atoms with van der Waals surface area (Å²) < 4.78 is 0. The molecule has 2 rings (SSSR count). The normalized spacial score (nSPS) is 10.1. The molecular formula is C12H9ClN2S. The highest BCUT2D eigenvalue weighted by Gasteiger charge is 2.10. The van der Waals surface area contributed by atoms with E-state index in [1.807, 2.05) is 31.2 Å². The van der Waals surface area contributed by atoms with Crippen molar-refractivity contribution >= 4 is 28.6 Å². The summed E-state index contributed by atoms with van der Waals surface area (Å²) >= 11 is 7.44. The van der Waals surface area contributed by atoms with Gasteiger partial charge in [0, 0.05) is 9.90 Å². The zero-order chi connectivity index (χ0) is 11.7. The van der Waals surface area contributed by atoms with Crippen LogP contribution in [0, 0.1) is 18.3 Å². The van der Waals surface area contributed by atoms with Gasteiger partial charge < -0.3 is 5.73 Å². The highest BCUT2D eigenvalue weighted by atomic mass is 35.5. The number of anilines is 1. The van der Waals surface area contributed by atoms with E-state index in [-0.39, 0.29) is 0 Å². The molecule has 0 spiro atoms. The van der Waals surface area contributed by atoms with Crippen LogP contribution in [0.4, 0.5) is 5.69 Å². The van der Waals surface area contributed by atoms with Crippen LogP contribution in [0.5, 0.6) is 0 Å². The zero-order valence-electron chi connectivity index (χ0n) is 8.62. The maximum absolute atomic E-state index is 8.86. The summed E-state index contributed by atoms with van der Waals surface area (Å²) in [6.45, 7) is 1.96. The maximum atomic E-state index is 8.86. The van der Waals surface area contributed by atoms with Crippen LogP contribution in [-0.4, -0.2) is 0 Å². The number of rotatable bonds is 1. The van der Waals surface area contributed by atoms with Gasteiger partial charge in [0.2, 0.25) is 0 Å². The van der Waals surface area contributed by atoms with Crippen LogP contribution >= 0.6 is 22.9 Å². The summed E-state index contributed by atoms with van der Waals surface area (Å²) in [5, 5.41) is 9.58. The molecule has 1 aromatic carbocycles. The minimum atomic E-state index is 0.530. The fourth-order valence-corrected chi connectivity index (χ4v) is 2.63. The molecule has 0 fully saturated rings. The van der Waals surface area contributed by atoms with Crippen molar-refractivity contribution in [3.8, 4) is 16.5 Å². The Balaban J connectivity index is 2.60. The Morgan fingerprint density at radius 2 is 2.19 bits per heavy atom. The van der Waals surface area contributed by atoms with Crippen LogP contribution in [0.1, 0.15) is 10.4 Å². The van der Waals surface area contributed by atoms with Gasteiger partial charge in [-0.15, -0.1) is 11.3 Å². The van der Waals surface area contributed by atoms with Gasteiger partial charge in [0.25, 0.3) is 0 Å². The topological polar surface area (TPSA) is 49.8 Å². The lowest BCUT2D eigenvalue weighted by Gasteiger charge is -2.04. The van der Waals surface area contributed by atoms with Gasteiger partial charge in [-0.2, -0.15) is 5.26 Å². The molecule has 0 unspecified atom stereocenters. The third-order valence-electron chi connectivity index (χ3n) is 2.40. The number of nitrogens with two attached hydrogens (primary N) is 1. The lowest BCUT2D eigenvalue weighted by molar-refractivity contribution is 1.48. The molecule has 0 aliphatic heterocycles. The summed E-state index contributed by atoms with van der Waals surface area (Å²) in [6, 6.07) is 9.63. The van der Waals surface area contributed by atoms with E-state index < -0.39 is 0 Å². The van der Waals surface area contributed by atoms with Gasteiger partial charge in [-0.1, -0.05) is 23.7 Å². The maximum Gasteiger partial charge on any atom is 0.128 e. The Kier molecular flexibility index (Phi) is 2.86. The summed E-state index contributed by atoms with van der Waals surface area (Å²) in [5.41, 5.74) is 8.30. The molecule has 80 valence electrons. The van der Waals surface area contributed by atoms with Gasteiger partial charge in [-0.3, -0.25) is 0 Å². The first-order valence-electron chi connectivity index (χ1n) is 4.68. The van der Waals surface area contributed by atoms with Crippen LogP contribution in [-0.2, 0) is 0 Å². The lowest BCUT2D eigenvalue weighted by atomic mass is 10.1. The van der Waals surface area contributed by atoms with E-state index in [1.54, 1.807) is 0 Å². The minimum Gasteiger partial charge on any atom is -0.397 e. The molecule has 1 heterocycles. The highest BCUT2D eigenvalue weighted by Crippen LogP contribution is 2.36. The second-order valence-corrected chi connectivity index (χ2v) is 4.88. The first-order chi connectivity index (χ1) is 7.63. The first-order valence-corrected chi connectivity index (χ1v) is 5.88. The van der Waals surface area contributed by atoms with E-state index in [4.69, 9.17) is 22.6 Å². The smallest absolute Gasteiger partial charge is 0.128 e. The van der Waals surface area contributed by atoms with E-state index in [9.17, 15) is 0 Å². The van der Waals surface area contributed by atoms with E-state index in [1.165, 1.54) is 11.3 Å². The number of hydrogen-bond acceptors (Lipinski definition) is 3. The van der Waals surface area contributed by atoms with Crippen molar-refractivity contribution in [1.29, 1.82) is 5.26 Å². The van der Waals surface area contributed by atoms with Crippen LogP contribution in [0.25, 0.3) is 10.4 Å². The number of nitrogen functional groups attached to an aromatic ring is 1. The number of halogens is 1. The van der Waals surface area contributed by atoms with Gasteiger partial charge in [-0.25, -0.2) is 0 Å². The van der Waals surface area contributed by atoms with Crippen molar-refractivity contribution in [2.24, 2.45) is 0 Å². The summed E-state index contributed by atoms with van der Waals surface area (Å²) in [6.07, 6.45) is 0. The lowest BCUT2D eigenvalue weighted by Crippen LogP contribution is -1.82. The molecule has 0 saturated carbocycles. The van der Waals surface area contributed by atoms with Gasteiger partial charge in [0.1, 0.15) is 10.9 Å². The molecule has 0 aliphatic carbocycles. The second-order valence-electron chi connectivity index (χ2n) is 3.42. The van der Waals surface area contributed by atoms with Crippen LogP contribution in [0.3, 0.4) is 0 Å². The third-order valence-corrected chi connectivity index (χ3v) is 3.89. The van der Waals surface area contributed by atoms with Crippen LogP contribution in [0.2, 0.25) is 5.02 Å². The number of nitrogens with zero attached hydrogens (tertiary/aromatic N) is 1. The predicted octanol–water partition coefficient (Wildman–Crippen LogP) is 3.83. The molecule has 0 amide bonds. The summed E-state index contributed by atoms with van der Waals surface area (Å²) in [4.78, 5) is 1.53. The molecule has 0 atom stereocenters. The Hall–Kier alpha value is -1.50. The average Bonchev–Trinajstić information content (AvgIpc) is 2.63. The van der Waals surface area contributed by atoms with E-state index in [0.717, 1.165) is 21.0 Å². The largest absolute Gasteiger partial charge is 0.397 e. The standard InChI is InChI=1S/C12H9ClN2S/c1-7-8(3-2-4-9(7)13)11-5-10(15)12(6-14)16-11/h2-5H,15H2,1H3. The van der Waals surface area contributed by atoms with Crippen molar-refractivity contribution < 1.29 is 0 Å². The molecule has 0 aliphatic rings. The number of nitriles is 1. The SMILES string of the molecule is Cc1c(Cl)cccc1-c1cc(N)c(C#N)s1. The molecule has 2 aromatic rings. The monoisotopic (exact) mass is 248 g/mol. The first kappa shape index (κ1) is 11.0. The summed E-state index contributed by atoms with van der Waals surface area (Å²) in [5.74, 6) is 0. The van der Waals surface area contributed by atoms with Crippen molar-refractivity contribution in [1.82, 2.24) is 0 Å². The molecular weight excluding hydrogens is 240 g/mol. The van der Waals surface area contributed by atoms with Crippen molar-refractivity contribution in [2.45, 2.75) is 6.92 Å². The van der Waals surface area contributed by atoms with E-state index in [0.29, 0.717) is 10.6 Å². The summed E-state index contributed by atoms with van der Waals surface area (Å²) in [7, 11) is 0. The molecule has 0 bridgehead atoms. The zero-order valence-corrected chi connectivity index (χ0v) is 10.2. The predicted molar refractivity (Wildman–Crippen MR) is 68.6 cm³/mol. The Bertz CT molecular complexity index is 581. The fourth-order valence-electron chi connectivity index (χ4n) is 1.50. The third kappa shape index (κ3) is 1.78. The van der Waals surface area contributed by atoms with Crippen LogP contribution < -0.4 is 5.73 Å². The second kappa shape index (κ2) is 4.17. The Labute approximate surface area is 103 Å². The molecule has 0 radical (unpaired) electrons. The fraction of sp³-hybridized carbons (Fsp3) is 0.0833. The quantitative estimate of drug-likeness (QED) is 0.834. The van der Waals surface area contributed by atoms with E-state index in [2.05, 4.69) is 6.07 Å². The molecule has 16 heavy (non-hydrogen) atoms. The Morgan fingerprint density at radius 1 is 1.44 bits per heavy atom. The van der Waals surface area contributed by atoms with Crippen LogP contribution in [0.15, 0.2) is 24.3 Å². The molecule has 2 nitrogen and oxygen atoms in total. The molecule has 1 aromatic heterocycles. The average molecular weight is 249 g/mol. The van der Waals surface area contributed by atoms with Crippen molar-refractivity contribution in [3.63, 3.8) is 0 Å². The molecule has 4 heteroatoms. The van der Waals surface area contributed by atoms with Crippen molar-refractivity contribution in [2.75, 3.05) is 5.73 Å². The number of benzene rings is 1. The minimum absolute atomic E-state index is 0.530. The van der Waals surface area contributed by atoms with Gasteiger partial charge in [-0.05, 0) is 30.2 Å². The Morgan fingerprint density at radius 3 is 2.81 bits per heavy atom. The van der Waals surface area contributed by atoms with E-state index >= 15 is 0 Å². The highest BCUT2D eigenvalue weighted by molar-refractivity contribution is 7.16. The molecule has 2 N–H and O–H groups in total. The van der Waals surface area contributed by atoms with Gasteiger partial charge in [0.05, 0.1) is 5.69 Å². The molecule has 0 saturated heterocycles.